The van der Waals surface area contributed by atoms with E-state index in [0.29, 0.717) is 19.4 Å². The van der Waals surface area contributed by atoms with Gasteiger partial charge in [0.15, 0.2) is 0 Å². The quantitative estimate of drug-likeness (QED) is 0.673. The SMILES string of the molecule is O=C1CCC2(CN1)C(=O)Nc1ccccc12. The van der Waals surface area contributed by atoms with Gasteiger partial charge < -0.3 is 10.6 Å². The van der Waals surface area contributed by atoms with Crippen molar-refractivity contribution in [2.45, 2.75) is 18.3 Å². The normalized spacial score (nSPS) is 27.5. The highest BCUT2D eigenvalue weighted by atomic mass is 16.2. The van der Waals surface area contributed by atoms with E-state index in [-0.39, 0.29) is 11.8 Å². The minimum absolute atomic E-state index is 0.00806. The van der Waals surface area contributed by atoms with Crippen molar-refractivity contribution in [1.82, 2.24) is 5.32 Å². The highest BCUT2D eigenvalue weighted by Crippen LogP contribution is 2.41. The number of hydrogen-bond acceptors (Lipinski definition) is 2. The standard InChI is InChI=1S/C12H12N2O2/c15-10-5-6-12(7-13-10)8-3-1-2-4-9(8)14-11(12)16/h1-4H,5-7H2,(H,13,15)(H,14,16). The van der Waals surface area contributed by atoms with Gasteiger partial charge in [-0.25, -0.2) is 0 Å². The van der Waals surface area contributed by atoms with Gasteiger partial charge in [0.05, 0.1) is 5.41 Å². The van der Waals surface area contributed by atoms with Crippen molar-refractivity contribution >= 4 is 17.5 Å². The van der Waals surface area contributed by atoms with Gasteiger partial charge in [0.1, 0.15) is 0 Å². The van der Waals surface area contributed by atoms with E-state index in [0.717, 1.165) is 11.3 Å². The van der Waals surface area contributed by atoms with E-state index in [1.54, 1.807) is 0 Å². The summed E-state index contributed by atoms with van der Waals surface area (Å²) < 4.78 is 0. The van der Waals surface area contributed by atoms with Crippen LogP contribution in [-0.2, 0) is 15.0 Å². The van der Waals surface area contributed by atoms with Gasteiger partial charge in [-0.15, -0.1) is 0 Å². The van der Waals surface area contributed by atoms with Crippen LogP contribution in [-0.4, -0.2) is 18.4 Å². The summed E-state index contributed by atoms with van der Waals surface area (Å²) >= 11 is 0. The van der Waals surface area contributed by atoms with Crippen molar-refractivity contribution in [2.24, 2.45) is 0 Å². The summed E-state index contributed by atoms with van der Waals surface area (Å²) in [6.45, 7) is 0.411. The first-order valence-electron chi connectivity index (χ1n) is 5.40. The lowest BCUT2D eigenvalue weighted by molar-refractivity contribution is -0.127. The van der Waals surface area contributed by atoms with E-state index in [2.05, 4.69) is 10.6 Å². The molecule has 0 aliphatic carbocycles. The first-order chi connectivity index (χ1) is 7.72. The van der Waals surface area contributed by atoms with Crippen LogP contribution in [0.25, 0.3) is 0 Å². The van der Waals surface area contributed by atoms with E-state index in [9.17, 15) is 9.59 Å². The Morgan fingerprint density at radius 2 is 2.00 bits per heavy atom. The molecular formula is C12H12N2O2. The maximum absolute atomic E-state index is 12.1. The lowest BCUT2D eigenvalue weighted by Gasteiger charge is -2.31. The van der Waals surface area contributed by atoms with Gasteiger partial charge in [-0.1, -0.05) is 18.2 Å². The predicted molar refractivity (Wildman–Crippen MR) is 59.0 cm³/mol. The Morgan fingerprint density at radius 1 is 1.19 bits per heavy atom. The Morgan fingerprint density at radius 3 is 2.75 bits per heavy atom. The molecule has 1 atom stereocenters. The average molecular weight is 216 g/mol. The van der Waals surface area contributed by atoms with E-state index >= 15 is 0 Å². The fraction of sp³-hybridized carbons (Fsp3) is 0.333. The molecule has 16 heavy (non-hydrogen) atoms. The van der Waals surface area contributed by atoms with Crippen LogP contribution in [0.5, 0.6) is 0 Å². The summed E-state index contributed by atoms with van der Waals surface area (Å²) in [5.74, 6) is 0.0384. The first kappa shape index (κ1) is 9.39. The largest absolute Gasteiger partial charge is 0.355 e. The summed E-state index contributed by atoms with van der Waals surface area (Å²) in [4.78, 5) is 23.2. The third-order valence-corrected chi connectivity index (χ3v) is 3.49. The highest BCUT2D eigenvalue weighted by molar-refractivity contribution is 6.07. The molecule has 1 aromatic rings. The second-order valence-electron chi connectivity index (χ2n) is 4.36. The van der Waals surface area contributed by atoms with Crippen molar-refractivity contribution in [3.05, 3.63) is 29.8 Å². The number of fused-ring (bicyclic) bond motifs is 2. The molecule has 1 fully saturated rings. The number of carbonyl (C=O) groups excluding carboxylic acids is 2. The van der Waals surface area contributed by atoms with Crippen LogP contribution in [0.15, 0.2) is 24.3 Å². The van der Waals surface area contributed by atoms with Crippen LogP contribution < -0.4 is 10.6 Å². The molecule has 0 aromatic heterocycles. The molecule has 2 aliphatic heterocycles. The molecule has 4 nitrogen and oxygen atoms in total. The maximum Gasteiger partial charge on any atom is 0.236 e. The molecule has 1 unspecified atom stereocenters. The van der Waals surface area contributed by atoms with E-state index in [4.69, 9.17) is 0 Å². The van der Waals surface area contributed by atoms with Crippen LogP contribution in [0.1, 0.15) is 18.4 Å². The van der Waals surface area contributed by atoms with Gasteiger partial charge in [-0.2, -0.15) is 0 Å². The molecule has 0 bridgehead atoms. The number of amides is 2. The Kier molecular flexibility index (Phi) is 1.80. The van der Waals surface area contributed by atoms with E-state index in [1.165, 1.54) is 0 Å². The van der Waals surface area contributed by atoms with Crippen LogP contribution in [0.2, 0.25) is 0 Å². The zero-order valence-electron chi connectivity index (χ0n) is 8.75. The zero-order chi connectivity index (χ0) is 11.2. The fourth-order valence-corrected chi connectivity index (χ4v) is 2.55. The fourth-order valence-electron chi connectivity index (χ4n) is 2.55. The molecule has 2 heterocycles. The third kappa shape index (κ3) is 1.10. The lowest BCUT2D eigenvalue weighted by atomic mass is 9.75. The highest BCUT2D eigenvalue weighted by Gasteiger charge is 2.48. The molecule has 0 saturated carbocycles. The number of rotatable bonds is 0. The number of anilines is 1. The summed E-state index contributed by atoms with van der Waals surface area (Å²) in [6, 6.07) is 7.69. The van der Waals surface area contributed by atoms with Crippen molar-refractivity contribution < 1.29 is 9.59 Å². The summed E-state index contributed by atoms with van der Waals surface area (Å²) in [6.07, 6.45) is 1.02. The summed E-state index contributed by atoms with van der Waals surface area (Å²) in [5.41, 5.74) is 1.36. The lowest BCUT2D eigenvalue weighted by Crippen LogP contribution is -2.50. The topological polar surface area (TPSA) is 58.2 Å². The Labute approximate surface area is 93.0 Å². The van der Waals surface area contributed by atoms with Crippen molar-refractivity contribution in [2.75, 3.05) is 11.9 Å². The number of piperidine rings is 1. The number of carbonyl (C=O) groups is 2. The molecule has 4 heteroatoms. The van der Waals surface area contributed by atoms with Gasteiger partial charge in [0.25, 0.3) is 0 Å². The van der Waals surface area contributed by atoms with Crippen LogP contribution in [0.3, 0.4) is 0 Å². The maximum atomic E-state index is 12.1. The van der Waals surface area contributed by atoms with Gasteiger partial charge in [0, 0.05) is 18.7 Å². The third-order valence-electron chi connectivity index (χ3n) is 3.49. The van der Waals surface area contributed by atoms with Crippen molar-refractivity contribution in [3.8, 4) is 0 Å². The van der Waals surface area contributed by atoms with Gasteiger partial charge in [-0.3, -0.25) is 9.59 Å². The molecular weight excluding hydrogens is 204 g/mol. The molecule has 3 rings (SSSR count). The molecule has 82 valence electrons. The predicted octanol–water partition coefficient (Wildman–Crippen LogP) is 0.786. The zero-order valence-corrected chi connectivity index (χ0v) is 8.75. The van der Waals surface area contributed by atoms with Crippen LogP contribution in [0.4, 0.5) is 5.69 Å². The summed E-state index contributed by atoms with van der Waals surface area (Å²) in [5, 5.41) is 5.67. The molecule has 2 aliphatic rings. The molecule has 1 aromatic carbocycles. The van der Waals surface area contributed by atoms with Gasteiger partial charge in [-0.05, 0) is 18.1 Å². The minimum atomic E-state index is -0.537. The van der Waals surface area contributed by atoms with E-state index < -0.39 is 5.41 Å². The number of nitrogens with one attached hydrogen (secondary N) is 2. The molecule has 2 amide bonds. The average Bonchev–Trinajstić information content (AvgIpc) is 2.57. The monoisotopic (exact) mass is 216 g/mol. The summed E-state index contributed by atoms with van der Waals surface area (Å²) in [7, 11) is 0. The first-order valence-corrected chi connectivity index (χ1v) is 5.40. The molecule has 2 N–H and O–H groups in total. The van der Waals surface area contributed by atoms with Crippen LogP contribution >= 0.6 is 0 Å². The van der Waals surface area contributed by atoms with Crippen LogP contribution in [0, 0.1) is 0 Å². The second-order valence-corrected chi connectivity index (χ2v) is 4.36. The number of hydrogen-bond donors (Lipinski definition) is 2. The Bertz CT molecular complexity index is 472. The Balaban J connectivity index is 2.07. The Hall–Kier alpha value is -1.84. The van der Waals surface area contributed by atoms with Gasteiger partial charge >= 0.3 is 0 Å². The molecule has 1 saturated heterocycles. The number of para-hydroxylation sites is 1. The van der Waals surface area contributed by atoms with Crippen molar-refractivity contribution in [1.29, 1.82) is 0 Å². The minimum Gasteiger partial charge on any atom is -0.355 e. The van der Waals surface area contributed by atoms with E-state index in [1.807, 2.05) is 24.3 Å². The smallest absolute Gasteiger partial charge is 0.236 e. The van der Waals surface area contributed by atoms with Crippen molar-refractivity contribution in [3.63, 3.8) is 0 Å². The molecule has 0 radical (unpaired) electrons. The number of benzene rings is 1. The molecule has 1 spiro atoms. The second kappa shape index (κ2) is 3.07. The van der Waals surface area contributed by atoms with Gasteiger partial charge in [0.2, 0.25) is 11.8 Å².